The fourth-order valence-electron chi connectivity index (χ4n) is 5.25. The van der Waals surface area contributed by atoms with E-state index in [4.69, 9.17) is 0 Å². The molecule has 0 aromatic heterocycles. The molecule has 5 rings (SSSR count). The van der Waals surface area contributed by atoms with E-state index >= 15 is 0 Å². The Morgan fingerprint density at radius 1 is 0.500 bits per heavy atom. The van der Waals surface area contributed by atoms with Gasteiger partial charge in [0.2, 0.25) is 0 Å². The minimum atomic E-state index is -0.344. The quantitative estimate of drug-likeness (QED) is 0.218. The Hall–Kier alpha value is -2.82. The molecule has 1 saturated carbocycles. The van der Waals surface area contributed by atoms with Crippen LogP contribution in [0.3, 0.4) is 0 Å². The van der Waals surface area contributed by atoms with Crippen LogP contribution in [-0.4, -0.2) is 11.6 Å². The lowest BCUT2D eigenvalue weighted by Crippen LogP contribution is -2.51. The molecule has 0 saturated heterocycles. The molecule has 168 valence electrons. The first-order chi connectivity index (χ1) is 16.5. The molecule has 0 aliphatic heterocycles. The number of hydrogen-bond donors (Lipinski definition) is 0. The van der Waals surface area contributed by atoms with Crippen LogP contribution in [0.15, 0.2) is 118 Å². The van der Waals surface area contributed by atoms with Crippen LogP contribution >= 0.6 is 31.9 Å². The van der Waals surface area contributed by atoms with E-state index < -0.39 is 0 Å². The second-order valence-corrected chi connectivity index (χ2v) is 10.5. The average Bonchev–Trinajstić information content (AvgIpc) is 2.84. The molecule has 2 nitrogen and oxygen atoms in total. The number of ketones is 2. The van der Waals surface area contributed by atoms with Crippen LogP contribution in [0.4, 0.5) is 0 Å². The van der Waals surface area contributed by atoms with Crippen LogP contribution < -0.4 is 0 Å². The smallest absolute Gasteiger partial charge is 0.167 e. The normalized spacial score (nSPS) is 21.5. The van der Waals surface area contributed by atoms with Crippen LogP contribution in [0, 0.1) is 11.8 Å². The van der Waals surface area contributed by atoms with E-state index in [0.717, 1.165) is 20.1 Å². The van der Waals surface area contributed by atoms with Crippen molar-refractivity contribution < 1.29 is 9.59 Å². The number of hydrogen-bond acceptors (Lipinski definition) is 2. The standard InChI is InChI=1S/C30H22Br2O2/c31-23-15-7-13-21(17-23)25-27(29(33)19-9-3-1-4-10-19)26(22-14-8-16-24(32)18-22)28(25)30(34)20-11-5-2-6-12-20/h1-18,25-28H. The predicted octanol–water partition coefficient (Wildman–Crippen LogP) is 8.09. The summed E-state index contributed by atoms with van der Waals surface area (Å²) in [6.07, 6.45) is 0. The van der Waals surface area contributed by atoms with Gasteiger partial charge in [0.05, 0.1) is 0 Å². The number of benzene rings is 4. The lowest BCUT2D eigenvalue weighted by Gasteiger charge is -2.51. The van der Waals surface area contributed by atoms with E-state index in [2.05, 4.69) is 31.9 Å². The maximum Gasteiger partial charge on any atom is 0.167 e. The SMILES string of the molecule is O=C(c1ccccc1)C1C(c2cccc(Br)c2)C(C(=O)c2ccccc2)C1c1cccc(Br)c1. The molecule has 0 spiro atoms. The van der Waals surface area contributed by atoms with Crippen molar-refractivity contribution >= 4 is 43.4 Å². The second kappa shape index (κ2) is 9.81. The van der Waals surface area contributed by atoms with Crippen molar-refractivity contribution in [1.82, 2.24) is 0 Å². The summed E-state index contributed by atoms with van der Waals surface area (Å²) in [6, 6.07) is 34.9. The third-order valence-corrected chi connectivity index (χ3v) is 7.72. The molecule has 34 heavy (non-hydrogen) atoms. The van der Waals surface area contributed by atoms with Gasteiger partial charge in [-0.2, -0.15) is 0 Å². The molecule has 1 aliphatic rings. The molecular weight excluding hydrogens is 552 g/mol. The third kappa shape index (κ3) is 4.33. The largest absolute Gasteiger partial charge is 0.294 e. The van der Waals surface area contributed by atoms with Gasteiger partial charge in [-0.05, 0) is 35.4 Å². The van der Waals surface area contributed by atoms with Crippen molar-refractivity contribution in [2.24, 2.45) is 11.8 Å². The van der Waals surface area contributed by atoms with Gasteiger partial charge in [-0.15, -0.1) is 0 Å². The van der Waals surface area contributed by atoms with Gasteiger partial charge < -0.3 is 0 Å². The summed E-state index contributed by atoms with van der Waals surface area (Å²) in [7, 11) is 0. The zero-order valence-corrected chi connectivity index (χ0v) is 21.4. The highest BCUT2D eigenvalue weighted by atomic mass is 79.9. The van der Waals surface area contributed by atoms with Crippen molar-refractivity contribution in [1.29, 1.82) is 0 Å². The van der Waals surface area contributed by atoms with Gasteiger partial charge in [-0.3, -0.25) is 9.59 Å². The minimum absolute atomic E-state index is 0.0765. The zero-order valence-electron chi connectivity index (χ0n) is 18.3. The highest BCUT2D eigenvalue weighted by molar-refractivity contribution is 9.10. The van der Waals surface area contributed by atoms with Crippen molar-refractivity contribution in [2.75, 3.05) is 0 Å². The van der Waals surface area contributed by atoms with Crippen molar-refractivity contribution in [2.45, 2.75) is 11.8 Å². The van der Waals surface area contributed by atoms with Gasteiger partial charge in [0.1, 0.15) is 0 Å². The monoisotopic (exact) mass is 572 g/mol. The number of halogens is 2. The highest BCUT2D eigenvalue weighted by Crippen LogP contribution is 2.59. The van der Waals surface area contributed by atoms with Gasteiger partial charge in [0, 0.05) is 43.7 Å². The maximum absolute atomic E-state index is 13.9. The van der Waals surface area contributed by atoms with Crippen LogP contribution in [0.2, 0.25) is 0 Å². The molecule has 4 heteroatoms. The van der Waals surface area contributed by atoms with Gasteiger partial charge in [-0.1, -0.05) is 117 Å². The number of rotatable bonds is 6. The third-order valence-electron chi connectivity index (χ3n) is 6.74. The average molecular weight is 574 g/mol. The molecular formula is C30H22Br2O2. The van der Waals surface area contributed by atoms with Crippen LogP contribution in [0.5, 0.6) is 0 Å². The molecule has 0 heterocycles. The Bertz CT molecular complexity index is 1220. The van der Waals surface area contributed by atoms with E-state index in [-0.39, 0.29) is 35.2 Å². The van der Waals surface area contributed by atoms with Crippen LogP contribution in [-0.2, 0) is 0 Å². The number of carbonyl (C=O) groups is 2. The van der Waals surface area contributed by atoms with Gasteiger partial charge in [0.25, 0.3) is 0 Å². The Kier molecular flexibility index (Phi) is 6.62. The first-order valence-corrected chi connectivity index (χ1v) is 12.8. The zero-order chi connectivity index (χ0) is 23.7. The van der Waals surface area contributed by atoms with E-state index in [1.807, 2.05) is 109 Å². The lowest BCUT2D eigenvalue weighted by molar-refractivity contribution is 0.0489. The summed E-state index contributed by atoms with van der Waals surface area (Å²) >= 11 is 7.16. The summed E-state index contributed by atoms with van der Waals surface area (Å²) in [5, 5.41) is 0. The van der Waals surface area contributed by atoms with Crippen molar-refractivity contribution in [3.05, 3.63) is 140 Å². The van der Waals surface area contributed by atoms with Gasteiger partial charge in [-0.25, -0.2) is 0 Å². The fourth-order valence-corrected chi connectivity index (χ4v) is 6.08. The number of carbonyl (C=O) groups excluding carboxylic acids is 2. The summed E-state index contributed by atoms with van der Waals surface area (Å²) < 4.78 is 1.88. The topological polar surface area (TPSA) is 34.1 Å². The highest BCUT2D eigenvalue weighted by Gasteiger charge is 2.57. The molecule has 0 radical (unpaired) electrons. The lowest BCUT2D eigenvalue weighted by atomic mass is 9.49. The maximum atomic E-state index is 13.9. The summed E-state index contributed by atoms with van der Waals surface area (Å²) in [4.78, 5) is 27.9. The van der Waals surface area contributed by atoms with E-state index in [9.17, 15) is 9.59 Å². The van der Waals surface area contributed by atoms with E-state index in [0.29, 0.717) is 11.1 Å². The molecule has 1 aliphatic carbocycles. The minimum Gasteiger partial charge on any atom is -0.294 e. The Morgan fingerprint density at radius 3 is 1.24 bits per heavy atom. The van der Waals surface area contributed by atoms with Crippen LogP contribution in [0.1, 0.15) is 43.7 Å². The van der Waals surface area contributed by atoms with E-state index in [1.54, 1.807) is 0 Å². The first kappa shape index (κ1) is 22.9. The Labute approximate surface area is 216 Å². The Balaban J connectivity index is 1.67. The molecule has 0 N–H and O–H groups in total. The molecule has 0 bridgehead atoms. The molecule has 0 amide bonds. The Morgan fingerprint density at radius 2 is 0.882 bits per heavy atom. The summed E-state index contributed by atoms with van der Waals surface area (Å²) in [6.45, 7) is 0. The molecule has 4 aromatic carbocycles. The van der Waals surface area contributed by atoms with Crippen molar-refractivity contribution in [3.63, 3.8) is 0 Å². The predicted molar refractivity (Wildman–Crippen MR) is 142 cm³/mol. The molecule has 0 unspecified atom stereocenters. The van der Waals surface area contributed by atoms with Crippen molar-refractivity contribution in [3.8, 4) is 0 Å². The summed E-state index contributed by atoms with van der Waals surface area (Å²) in [5.74, 6) is -0.976. The summed E-state index contributed by atoms with van der Waals surface area (Å²) in [5.41, 5.74) is 3.37. The number of Topliss-reactive ketones (excluding diaryl/α,β-unsaturated/α-hetero) is 2. The molecule has 4 aromatic rings. The second-order valence-electron chi connectivity index (χ2n) is 8.67. The van der Waals surface area contributed by atoms with E-state index in [1.165, 1.54) is 0 Å². The molecule has 1 fully saturated rings. The van der Waals surface area contributed by atoms with Gasteiger partial charge >= 0.3 is 0 Å². The van der Waals surface area contributed by atoms with Crippen LogP contribution in [0.25, 0.3) is 0 Å². The molecule has 0 atom stereocenters. The first-order valence-electron chi connectivity index (χ1n) is 11.2. The fraction of sp³-hybridized carbons (Fsp3) is 0.133. The van der Waals surface area contributed by atoms with Gasteiger partial charge in [0.15, 0.2) is 11.6 Å².